The maximum Gasteiger partial charge on any atom is 0.239 e. The maximum absolute atomic E-state index is 13.1. The van der Waals surface area contributed by atoms with Gasteiger partial charge in [0.2, 0.25) is 5.91 Å². The Kier molecular flexibility index (Phi) is 5.87. The van der Waals surface area contributed by atoms with Crippen molar-refractivity contribution in [3.63, 3.8) is 0 Å². The number of aryl methyl sites for hydroxylation is 1. The van der Waals surface area contributed by atoms with E-state index in [1.165, 1.54) is 35.2 Å². The van der Waals surface area contributed by atoms with Crippen LogP contribution in [0.1, 0.15) is 11.1 Å². The van der Waals surface area contributed by atoms with Crippen LogP contribution in [0.25, 0.3) is 10.2 Å². The van der Waals surface area contributed by atoms with E-state index in [-0.39, 0.29) is 17.5 Å². The summed E-state index contributed by atoms with van der Waals surface area (Å²) in [4.78, 5) is 24.6. The van der Waals surface area contributed by atoms with Crippen molar-refractivity contribution in [3.05, 3.63) is 83.9 Å². The average molecular weight is 424 g/mol. The van der Waals surface area contributed by atoms with Gasteiger partial charge >= 0.3 is 0 Å². The van der Waals surface area contributed by atoms with E-state index >= 15 is 0 Å². The summed E-state index contributed by atoms with van der Waals surface area (Å²) in [5.74, 6) is -0.107. The molecule has 2 heterocycles. The summed E-state index contributed by atoms with van der Waals surface area (Å²) in [6.07, 6.45) is 3.47. The number of halogens is 1. The number of rotatable bonds is 6. The lowest BCUT2D eigenvalue weighted by molar-refractivity contribution is -0.116. The number of thiazole rings is 1. The second kappa shape index (κ2) is 8.71. The number of nitrogens with zero attached hydrogens (tertiary/aromatic N) is 3. The Balaban J connectivity index is 1.60. The summed E-state index contributed by atoms with van der Waals surface area (Å²) >= 11 is 2.89. The minimum atomic E-state index is -0.288. The normalized spacial score (nSPS) is 11.0. The molecule has 0 unspecified atom stereocenters. The highest BCUT2D eigenvalue weighted by atomic mass is 32.2. The van der Waals surface area contributed by atoms with Gasteiger partial charge in [0.15, 0.2) is 5.13 Å². The molecule has 4 nitrogen and oxygen atoms in total. The first-order chi connectivity index (χ1) is 14.1. The molecule has 0 aliphatic rings. The molecule has 0 radical (unpaired) electrons. The zero-order chi connectivity index (χ0) is 20.2. The average Bonchev–Trinajstić information content (AvgIpc) is 3.17. The highest BCUT2D eigenvalue weighted by Crippen LogP contribution is 2.32. The quantitative estimate of drug-likeness (QED) is 0.386. The Hall–Kier alpha value is -2.77. The second-order valence-electron chi connectivity index (χ2n) is 6.50. The number of hydrogen-bond donors (Lipinski definition) is 0. The molecule has 146 valence electrons. The monoisotopic (exact) mass is 423 g/mol. The van der Waals surface area contributed by atoms with Gasteiger partial charge in [0.25, 0.3) is 0 Å². The van der Waals surface area contributed by atoms with Crippen molar-refractivity contribution in [3.8, 4) is 0 Å². The Morgan fingerprint density at radius 3 is 2.69 bits per heavy atom. The van der Waals surface area contributed by atoms with E-state index in [4.69, 9.17) is 4.98 Å². The number of para-hydroxylation sites is 1. The fraction of sp³-hybridized carbons (Fsp3) is 0.136. The molecule has 0 spiro atoms. The molecule has 2 aromatic heterocycles. The molecule has 0 fully saturated rings. The predicted molar refractivity (Wildman–Crippen MR) is 117 cm³/mol. The Morgan fingerprint density at radius 1 is 1.14 bits per heavy atom. The van der Waals surface area contributed by atoms with Crippen LogP contribution in [0, 0.1) is 12.7 Å². The van der Waals surface area contributed by atoms with E-state index in [1.807, 2.05) is 37.3 Å². The Bertz CT molecular complexity index is 1130. The molecule has 29 heavy (non-hydrogen) atoms. The van der Waals surface area contributed by atoms with Gasteiger partial charge in [-0.15, -0.1) is 11.8 Å². The molecule has 0 aliphatic heterocycles. The fourth-order valence-electron chi connectivity index (χ4n) is 2.88. The summed E-state index contributed by atoms with van der Waals surface area (Å²) in [5, 5.41) is 0.669. The summed E-state index contributed by atoms with van der Waals surface area (Å²) in [7, 11) is 0. The number of amides is 1. The zero-order valence-electron chi connectivity index (χ0n) is 15.7. The molecule has 0 bridgehead atoms. The third-order valence-electron chi connectivity index (χ3n) is 4.38. The number of anilines is 1. The molecule has 0 atom stereocenters. The molecule has 0 saturated heterocycles. The topological polar surface area (TPSA) is 46.1 Å². The molecular formula is C22H18FN3OS2. The lowest BCUT2D eigenvalue weighted by atomic mass is 10.2. The van der Waals surface area contributed by atoms with E-state index in [0.717, 1.165) is 26.2 Å². The maximum atomic E-state index is 13.1. The second-order valence-corrected chi connectivity index (χ2v) is 8.56. The summed E-state index contributed by atoms with van der Waals surface area (Å²) in [5.41, 5.74) is 2.94. The first-order valence-corrected chi connectivity index (χ1v) is 10.8. The predicted octanol–water partition coefficient (Wildman–Crippen LogP) is 5.46. The number of fused-ring (bicyclic) bond motifs is 1. The van der Waals surface area contributed by atoms with Gasteiger partial charge < -0.3 is 0 Å². The Labute approximate surface area is 176 Å². The van der Waals surface area contributed by atoms with Crippen molar-refractivity contribution in [2.45, 2.75) is 18.4 Å². The lowest BCUT2D eigenvalue weighted by Gasteiger charge is -2.19. The van der Waals surface area contributed by atoms with Crippen LogP contribution < -0.4 is 4.90 Å². The first kappa shape index (κ1) is 19.5. The minimum absolute atomic E-state index is 0.0557. The standard InChI is InChI=1S/C22H18FN3OS2/c1-15-4-2-6-19-21(15)25-22(29-19)26(13-16-5-3-11-24-12-16)20(27)14-28-18-9-7-17(23)8-10-18/h2-12H,13-14H2,1H3. The Morgan fingerprint density at radius 2 is 1.97 bits per heavy atom. The van der Waals surface area contributed by atoms with Gasteiger partial charge in [0, 0.05) is 17.3 Å². The molecule has 7 heteroatoms. The molecular weight excluding hydrogens is 405 g/mol. The van der Waals surface area contributed by atoms with E-state index in [0.29, 0.717) is 11.7 Å². The van der Waals surface area contributed by atoms with Gasteiger partial charge in [-0.1, -0.05) is 29.5 Å². The molecule has 1 amide bonds. The molecule has 4 rings (SSSR count). The smallest absolute Gasteiger partial charge is 0.239 e. The first-order valence-electron chi connectivity index (χ1n) is 9.04. The van der Waals surface area contributed by atoms with Crippen LogP contribution in [0.3, 0.4) is 0 Å². The van der Waals surface area contributed by atoms with Crippen molar-refractivity contribution >= 4 is 44.4 Å². The van der Waals surface area contributed by atoms with Gasteiger partial charge in [0.05, 0.1) is 22.5 Å². The minimum Gasteiger partial charge on any atom is -0.283 e. The molecule has 2 aromatic carbocycles. The molecule has 0 saturated carbocycles. The van der Waals surface area contributed by atoms with Crippen LogP contribution in [0.2, 0.25) is 0 Å². The number of thioether (sulfide) groups is 1. The van der Waals surface area contributed by atoms with Crippen molar-refractivity contribution < 1.29 is 9.18 Å². The molecule has 0 N–H and O–H groups in total. The van der Waals surface area contributed by atoms with Crippen molar-refractivity contribution in [1.29, 1.82) is 0 Å². The van der Waals surface area contributed by atoms with Crippen LogP contribution in [-0.2, 0) is 11.3 Å². The van der Waals surface area contributed by atoms with Gasteiger partial charge in [-0.2, -0.15) is 0 Å². The summed E-state index contributed by atoms with van der Waals surface area (Å²) in [6.45, 7) is 2.42. The zero-order valence-corrected chi connectivity index (χ0v) is 17.3. The SMILES string of the molecule is Cc1cccc2sc(N(Cc3cccnc3)C(=O)CSc3ccc(F)cc3)nc12. The number of carbonyl (C=O) groups excluding carboxylic acids is 1. The van der Waals surface area contributed by atoms with Crippen LogP contribution in [0.15, 0.2) is 71.9 Å². The van der Waals surface area contributed by atoms with Crippen molar-refractivity contribution in [2.24, 2.45) is 0 Å². The number of aromatic nitrogens is 2. The van der Waals surface area contributed by atoms with Gasteiger partial charge in [-0.3, -0.25) is 14.7 Å². The highest BCUT2D eigenvalue weighted by Gasteiger charge is 2.21. The molecule has 4 aromatic rings. The van der Waals surface area contributed by atoms with E-state index in [9.17, 15) is 9.18 Å². The third kappa shape index (κ3) is 4.63. The number of hydrogen-bond acceptors (Lipinski definition) is 5. The number of benzene rings is 2. The summed E-state index contributed by atoms with van der Waals surface area (Å²) < 4.78 is 14.2. The van der Waals surface area contributed by atoms with Crippen LogP contribution >= 0.6 is 23.1 Å². The number of pyridine rings is 1. The van der Waals surface area contributed by atoms with Gasteiger partial charge in [-0.05, 0) is 54.4 Å². The van der Waals surface area contributed by atoms with Gasteiger partial charge in [0.1, 0.15) is 5.82 Å². The van der Waals surface area contributed by atoms with E-state index < -0.39 is 0 Å². The highest BCUT2D eigenvalue weighted by molar-refractivity contribution is 8.00. The molecule has 0 aliphatic carbocycles. The summed E-state index contributed by atoms with van der Waals surface area (Å²) in [6, 6.07) is 16.0. The lowest BCUT2D eigenvalue weighted by Crippen LogP contribution is -2.31. The third-order valence-corrected chi connectivity index (χ3v) is 6.42. The van der Waals surface area contributed by atoms with Crippen LogP contribution in [0.5, 0.6) is 0 Å². The van der Waals surface area contributed by atoms with Crippen molar-refractivity contribution in [2.75, 3.05) is 10.7 Å². The fourth-order valence-corrected chi connectivity index (χ4v) is 4.72. The van der Waals surface area contributed by atoms with Gasteiger partial charge in [-0.25, -0.2) is 9.37 Å². The van der Waals surface area contributed by atoms with Crippen LogP contribution in [0.4, 0.5) is 9.52 Å². The largest absolute Gasteiger partial charge is 0.283 e. The number of carbonyl (C=O) groups is 1. The van der Waals surface area contributed by atoms with E-state index in [1.54, 1.807) is 29.4 Å². The van der Waals surface area contributed by atoms with Crippen molar-refractivity contribution in [1.82, 2.24) is 9.97 Å². The van der Waals surface area contributed by atoms with E-state index in [2.05, 4.69) is 4.98 Å². The van der Waals surface area contributed by atoms with Crippen LogP contribution in [-0.4, -0.2) is 21.6 Å².